The van der Waals surface area contributed by atoms with Crippen LogP contribution in [0.3, 0.4) is 0 Å². The topological polar surface area (TPSA) is 62.1 Å². The Morgan fingerprint density at radius 3 is 2.50 bits per heavy atom. The van der Waals surface area contributed by atoms with Gasteiger partial charge >= 0.3 is 0 Å². The highest BCUT2D eigenvalue weighted by Crippen LogP contribution is 2.35. The normalized spacial score (nSPS) is 13.7. The van der Waals surface area contributed by atoms with Gasteiger partial charge in [0.05, 0.1) is 22.9 Å². The highest BCUT2D eigenvalue weighted by molar-refractivity contribution is 7.16. The summed E-state index contributed by atoms with van der Waals surface area (Å²) in [6.45, 7) is 3.78. The number of fused-ring (bicyclic) bond motifs is 3. The maximum Gasteiger partial charge on any atom is 0.283 e. The quantitative estimate of drug-likeness (QED) is 0.493. The molecule has 0 bridgehead atoms. The molecule has 7 heteroatoms. The lowest BCUT2D eigenvalue weighted by Crippen LogP contribution is -2.17. The molecule has 0 aliphatic carbocycles. The maximum atomic E-state index is 13.1. The summed E-state index contributed by atoms with van der Waals surface area (Å²) in [7, 11) is 1.57. The molecular weight excluding hydrogens is 400 g/mol. The van der Waals surface area contributed by atoms with E-state index in [9.17, 15) is 4.79 Å². The van der Waals surface area contributed by atoms with Crippen LogP contribution >= 0.6 is 11.3 Å². The monoisotopic (exact) mass is 420 g/mol. The van der Waals surface area contributed by atoms with Gasteiger partial charge in [-0.2, -0.15) is 4.99 Å². The van der Waals surface area contributed by atoms with Crippen LogP contribution < -0.4 is 19.0 Å². The van der Waals surface area contributed by atoms with Gasteiger partial charge in [-0.15, -0.1) is 0 Å². The minimum Gasteiger partial charge on any atom is -0.496 e. The highest BCUT2D eigenvalue weighted by Gasteiger charge is 2.18. The molecule has 152 valence electrons. The van der Waals surface area contributed by atoms with Crippen molar-refractivity contribution >= 4 is 38.2 Å². The van der Waals surface area contributed by atoms with Gasteiger partial charge in [0.2, 0.25) is 0 Å². The van der Waals surface area contributed by atoms with Gasteiger partial charge in [-0.1, -0.05) is 35.6 Å². The van der Waals surface area contributed by atoms with Crippen molar-refractivity contribution in [1.82, 2.24) is 4.57 Å². The van der Waals surface area contributed by atoms with E-state index < -0.39 is 0 Å². The summed E-state index contributed by atoms with van der Waals surface area (Å²) < 4.78 is 19.9. The third-order valence-corrected chi connectivity index (χ3v) is 6.20. The third-order valence-electron chi connectivity index (χ3n) is 5.16. The van der Waals surface area contributed by atoms with Crippen LogP contribution in [0.4, 0.5) is 0 Å². The average molecular weight is 420 g/mol. The zero-order chi connectivity index (χ0) is 20.7. The van der Waals surface area contributed by atoms with Crippen molar-refractivity contribution in [1.29, 1.82) is 0 Å². The van der Waals surface area contributed by atoms with Crippen molar-refractivity contribution in [2.45, 2.75) is 13.5 Å². The molecule has 0 saturated heterocycles. The molecule has 4 aromatic rings. The number of nitrogens with zero attached hydrogens (tertiary/aromatic N) is 2. The molecule has 1 aliphatic heterocycles. The maximum absolute atomic E-state index is 13.1. The number of amides is 1. The number of rotatable bonds is 3. The third kappa shape index (κ3) is 3.11. The number of aryl methyl sites for hydroxylation is 1. The van der Waals surface area contributed by atoms with Crippen molar-refractivity contribution in [2.24, 2.45) is 4.99 Å². The van der Waals surface area contributed by atoms with Crippen molar-refractivity contribution in [3.05, 3.63) is 58.9 Å². The lowest BCUT2D eigenvalue weighted by Gasteiger charge is -2.18. The molecule has 1 aromatic heterocycles. The smallest absolute Gasteiger partial charge is 0.283 e. The van der Waals surface area contributed by atoms with Crippen LogP contribution in [0.5, 0.6) is 17.2 Å². The molecule has 0 N–H and O–H groups in total. The molecule has 1 amide bonds. The van der Waals surface area contributed by atoms with Crippen molar-refractivity contribution in [3.63, 3.8) is 0 Å². The lowest BCUT2D eigenvalue weighted by atomic mass is 10.1. The Kier molecular flexibility index (Phi) is 4.67. The molecular formula is C23H20N2O4S. The number of carbonyl (C=O) groups excluding carboxylic acids is 1. The second-order valence-corrected chi connectivity index (χ2v) is 7.92. The lowest BCUT2D eigenvalue weighted by molar-refractivity contribution is 0.0995. The van der Waals surface area contributed by atoms with E-state index in [-0.39, 0.29) is 5.91 Å². The molecule has 6 nitrogen and oxygen atoms in total. The number of methoxy groups -OCH3 is 1. The number of aromatic nitrogens is 1. The van der Waals surface area contributed by atoms with Gasteiger partial charge in [-0.05, 0) is 29.8 Å². The minimum absolute atomic E-state index is 0.330. The van der Waals surface area contributed by atoms with Crippen LogP contribution in [0.2, 0.25) is 0 Å². The Hall–Kier alpha value is -3.32. The number of hydrogen-bond acceptors (Lipinski definition) is 5. The number of ether oxygens (including phenoxy) is 3. The zero-order valence-electron chi connectivity index (χ0n) is 16.7. The second-order valence-electron chi connectivity index (χ2n) is 6.91. The Balaban J connectivity index is 1.65. The summed E-state index contributed by atoms with van der Waals surface area (Å²) in [5.41, 5.74) is 1.42. The van der Waals surface area contributed by atoms with Crippen LogP contribution in [0, 0.1) is 0 Å². The first-order valence-corrected chi connectivity index (χ1v) is 10.6. The number of thiazole rings is 1. The first kappa shape index (κ1) is 18.7. The predicted octanol–water partition coefficient (Wildman–Crippen LogP) is 4.40. The minimum atomic E-state index is -0.330. The van der Waals surface area contributed by atoms with Crippen LogP contribution in [0.25, 0.3) is 21.0 Å². The van der Waals surface area contributed by atoms with E-state index in [4.69, 9.17) is 14.2 Å². The summed E-state index contributed by atoms with van der Waals surface area (Å²) in [6, 6.07) is 15.5. The fourth-order valence-electron chi connectivity index (χ4n) is 3.70. The molecule has 30 heavy (non-hydrogen) atoms. The standard InChI is InChI=1S/C23H20N2O4S/c1-3-25-17-12-19-20(29-9-8-28-19)13-21(17)30-23(25)24-22(26)16-10-14-6-4-5-7-15(14)11-18(16)27-2/h4-7,10-13H,3,8-9H2,1-2H3. The molecule has 3 aromatic carbocycles. The first-order chi connectivity index (χ1) is 14.7. The van der Waals surface area contributed by atoms with Crippen molar-refractivity contribution in [3.8, 4) is 17.2 Å². The summed E-state index contributed by atoms with van der Waals surface area (Å²) in [5, 5.41) is 1.99. The van der Waals surface area contributed by atoms with Gasteiger partial charge in [0.25, 0.3) is 5.91 Å². The fraction of sp³-hybridized carbons (Fsp3) is 0.217. The first-order valence-electron chi connectivity index (χ1n) is 9.76. The Labute approximate surface area is 177 Å². The molecule has 1 aliphatic rings. The van der Waals surface area contributed by atoms with Crippen LogP contribution in [0.1, 0.15) is 17.3 Å². The highest BCUT2D eigenvalue weighted by atomic mass is 32.1. The molecule has 5 rings (SSSR count). The molecule has 0 unspecified atom stereocenters. The number of carbonyl (C=O) groups is 1. The Morgan fingerprint density at radius 2 is 1.80 bits per heavy atom. The van der Waals surface area contributed by atoms with Crippen LogP contribution in [-0.2, 0) is 6.54 Å². The SMILES string of the molecule is CCn1c(=NC(=O)c2cc3ccccc3cc2OC)sc2cc3c(cc21)OCCO3. The second kappa shape index (κ2) is 7.50. The molecule has 0 radical (unpaired) electrons. The van der Waals surface area contributed by atoms with Gasteiger partial charge in [-0.25, -0.2) is 0 Å². The molecule has 2 heterocycles. The van der Waals surface area contributed by atoms with Gasteiger partial charge in [0.1, 0.15) is 19.0 Å². The van der Waals surface area contributed by atoms with E-state index in [0.717, 1.165) is 32.5 Å². The Bertz CT molecular complexity index is 1350. The largest absolute Gasteiger partial charge is 0.496 e. The van der Waals surface area contributed by atoms with E-state index in [1.165, 1.54) is 11.3 Å². The number of benzene rings is 3. The van der Waals surface area contributed by atoms with Gasteiger partial charge in [-0.3, -0.25) is 4.79 Å². The summed E-state index contributed by atoms with van der Waals surface area (Å²) in [6.07, 6.45) is 0. The Morgan fingerprint density at radius 1 is 1.10 bits per heavy atom. The summed E-state index contributed by atoms with van der Waals surface area (Å²) in [5.74, 6) is 1.64. The van der Waals surface area contributed by atoms with E-state index in [1.807, 2.05) is 60.0 Å². The van der Waals surface area contributed by atoms with Crippen LogP contribution in [-0.4, -0.2) is 30.8 Å². The predicted molar refractivity (Wildman–Crippen MR) is 117 cm³/mol. The van der Waals surface area contributed by atoms with E-state index in [2.05, 4.69) is 4.99 Å². The zero-order valence-corrected chi connectivity index (χ0v) is 17.5. The van der Waals surface area contributed by atoms with Crippen LogP contribution in [0.15, 0.2) is 53.5 Å². The molecule has 0 spiro atoms. The van der Waals surface area contributed by atoms with Crippen molar-refractivity contribution < 1.29 is 19.0 Å². The summed E-state index contributed by atoms with van der Waals surface area (Å²) in [4.78, 5) is 18.2. The molecule has 0 atom stereocenters. The van der Waals surface area contributed by atoms with Gasteiger partial charge in [0.15, 0.2) is 16.3 Å². The molecule has 0 fully saturated rings. The number of hydrogen-bond donors (Lipinski definition) is 0. The van der Waals surface area contributed by atoms with E-state index >= 15 is 0 Å². The van der Waals surface area contributed by atoms with Gasteiger partial charge in [0, 0.05) is 18.7 Å². The average Bonchev–Trinajstić information content (AvgIpc) is 3.11. The van der Waals surface area contributed by atoms with E-state index in [0.29, 0.717) is 35.9 Å². The van der Waals surface area contributed by atoms with E-state index in [1.54, 1.807) is 7.11 Å². The fourth-order valence-corrected chi connectivity index (χ4v) is 4.80. The summed E-state index contributed by atoms with van der Waals surface area (Å²) >= 11 is 1.46. The van der Waals surface area contributed by atoms with Gasteiger partial charge < -0.3 is 18.8 Å². The van der Waals surface area contributed by atoms with Crippen molar-refractivity contribution in [2.75, 3.05) is 20.3 Å². The molecule has 0 saturated carbocycles.